The predicted octanol–water partition coefficient (Wildman–Crippen LogP) is 2.10. The van der Waals surface area contributed by atoms with Crippen LogP contribution in [0.4, 0.5) is 5.69 Å². The molecule has 0 radical (unpaired) electrons. The fourth-order valence-electron chi connectivity index (χ4n) is 1.92. The van der Waals surface area contributed by atoms with Crippen LogP contribution in [0.25, 0.3) is 10.8 Å². The van der Waals surface area contributed by atoms with Crippen molar-refractivity contribution < 1.29 is 22.9 Å². The zero-order valence-corrected chi connectivity index (χ0v) is 12.4. The largest absolute Gasteiger partial charge is 0.480 e. The quantitative estimate of drug-likeness (QED) is 0.494. The molecule has 0 heterocycles. The molecule has 0 fully saturated rings. The lowest BCUT2D eigenvalue weighted by Crippen LogP contribution is -2.19. The second-order valence-electron chi connectivity index (χ2n) is 4.50. The SMILES string of the molecule is CN(CC(=O)O)N=Nc1ccc(S(=O)(=O)O)c2ccccc12. The van der Waals surface area contributed by atoms with Gasteiger partial charge in [0.15, 0.2) is 0 Å². The summed E-state index contributed by atoms with van der Waals surface area (Å²) in [6.07, 6.45) is 0. The van der Waals surface area contributed by atoms with E-state index in [2.05, 4.69) is 10.3 Å². The number of hydrogen-bond acceptors (Lipinski definition) is 5. The lowest BCUT2D eigenvalue weighted by atomic mass is 10.1. The Bertz CT molecular complexity index is 848. The Morgan fingerprint density at radius 2 is 1.82 bits per heavy atom. The summed E-state index contributed by atoms with van der Waals surface area (Å²) < 4.78 is 32.0. The molecule has 0 amide bonds. The first-order chi connectivity index (χ1) is 10.3. The van der Waals surface area contributed by atoms with E-state index in [9.17, 15) is 17.8 Å². The fraction of sp³-hybridized carbons (Fsp3) is 0.154. The van der Waals surface area contributed by atoms with Gasteiger partial charge in [-0.3, -0.25) is 14.4 Å². The van der Waals surface area contributed by atoms with E-state index in [4.69, 9.17) is 5.11 Å². The first kappa shape index (κ1) is 15.9. The van der Waals surface area contributed by atoms with Gasteiger partial charge < -0.3 is 5.11 Å². The average Bonchev–Trinajstić information content (AvgIpc) is 2.42. The lowest BCUT2D eigenvalue weighted by Gasteiger charge is -2.09. The van der Waals surface area contributed by atoms with Crippen molar-refractivity contribution in [1.29, 1.82) is 0 Å². The molecule has 0 unspecified atom stereocenters. The molecule has 0 aliphatic carbocycles. The van der Waals surface area contributed by atoms with Gasteiger partial charge in [-0.25, -0.2) is 0 Å². The Kier molecular flexibility index (Phi) is 4.38. The summed E-state index contributed by atoms with van der Waals surface area (Å²) in [6, 6.07) is 9.12. The average molecular weight is 323 g/mol. The van der Waals surface area contributed by atoms with E-state index in [1.807, 2.05) is 0 Å². The number of aliphatic carboxylic acids is 1. The summed E-state index contributed by atoms with van der Waals surface area (Å²) in [4.78, 5) is 10.3. The number of carboxylic acid groups (broad SMARTS) is 1. The normalized spacial score (nSPS) is 11.9. The summed E-state index contributed by atoms with van der Waals surface area (Å²) in [5.41, 5.74) is 0.361. The number of likely N-dealkylation sites (N-methyl/N-ethyl adjacent to an activating group) is 1. The van der Waals surface area contributed by atoms with Gasteiger partial charge in [0, 0.05) is 17.8 Å². The fourth-order valence-corrected chi connectivity index (χ4v) is 2.62. The number of carboxylic acids is 1. The van der Waals surface area contributed by atoms with E-state index in [1.165, 1.54) is 19.2 Å². The van der Waals surface area contributed by atoms with Gasteiger partial charge in [0.25, 0.3) is 10.1 Å². The van der Waals surface area contributed by atoms with E-state index >= 15 is 0 Å². The standard InChI is InChI=1S/C13H13N3O5S/c1-16(8-13(17)18)15-14-11-6-7-12(22(19,20)21)10-5-3-2-4-9(10)11/h2-7H,8H2,1H3,(H,17,18)(H,19,20,21). The van der Waals surface area contributed by atoms with Crippen molar-refractivity contribution in [3.05, 3.63) is 36.4 Å². The maximum absolute atomic E-state index is 11.4. The molecule has 22 heavy (non-hydrogen) atoms. The molecule has 0 bridgehead atoms. The van der Waals surface area contributed by atoms with Crippen molar-refractivity contribution in [2.24, 2.45) is 10.3 Å². The third-order valence-corrected chi connectivity index (χ3v) is 3.72. The smallest absolute Gasteiger partial charge is 0.324 e. The Morgan fingerprint density at radius 3 is 2.41 bits per heavy atom. The monoisotopic (exact) mass is 323 g/mol. The number of rotatable bonds is 5. The van der Waals surface area contributed by atoms with Crippen LogP contribution in [0.3, 0.4) is 0 Å². The van der Waals surface area contributed by atoms with E-state index in [1.54, 1.807) is 24.3 Å². The molecule has 0 aliphatic rings. The molecule has 0 atom stereocenters. The van der Waals surface area contributed by atoms with Crippen molar-refractivity contribution in [3.8, 4) is 0 Å². The molecule has 2 aromatic rings. The van der Waals surface area contributed by atoms with Gasteiger partial charge >= 0.3 is 5.97 Å². The third kappa shape index (κ3) is 3.57. The molecule has 2 rings (SSSR count). The highest BCUT2D eigenvalue weighted by molar-refractivity contribution is 7.86. The second kappa shape index (κ2) is 6.08. The van der Waals surface area contributed by atoms with Crippen LogP contribution in [0.1, 0.15) is 0 Å². The Morgan fingerprint density at radius 1 is 1.18 bits per heavy atom. The number of fused-ring (bicyclic) bond motifs is 1. The molecule has 0 saturated heterocycles. The van der Waals surface area contributed by atoms with Crippen LogP contribution < -0.4 is 0 Å². The molecule has 0 spiro atoms. The summed E-state index contributed by atoms with van der Waals surface area (Å²) in [5, 5.41) is 18.2. The van der Waals surface area contributed by atoms with Crippen LogP contribution in [0.5, 0.6) is 0 Å². The first-order valence-electron chi connectivity index (χ1n) is 6.13. The summed E-state index contributed by atoms with van der Waals surface area (Å²) in [5.74, 6) is -1.05. The zero-order chi connectivity index (χ0) is 16.3. The van der Waals surface area contributed by atoms with Crippen LogP contribution >= 0.6 is 0 Å². The van der Waals surface area contributed by atoms with Crippen LogP contribution in [-0.4, -0.2) is 42.6 Å². The molecule has 9 heteroatoms. The molecule has 0 saturated carbocycles. The lowest BCUT2D eigenvalue weighted by molar-refractivity contribution is -0.138. The number of benzene rings is 2. The number of nitrogens with zero attached hydrogens (tertiary/aromatic N) is 3. The van der Waals surface area contributed by atoms with Gasteiger partial charge in [-0.2, -0.15) is 8.42 Å². The van der Waals surface area contributed by atoms with Crippen LogP contribution in [0, 0.1) is 0 Å². The van der Waals surface area contributed by atoms with Gasteiger partial charge in [0.1, 0.15) is 11.4 Å². The highest BCUT2D eigenvalue weighted by atomic mass is 32.2. The van der Waals surface area contributed by atoms with Crippen molar-refractivity contribution in [2.75, 3.05) is 13.6 Å². The molecule has 2 N–H and O–H groups in total. The summed E-state index contributed by atoms with van der Waals surface area (Å²) in [6.45, 7) is -0.315. The summed E-state index contributed by atoms with van der Waals surface area (Å²) in [7, 11) is -2.90. The van der Waals surface area contributed by atoms with Crippen LogP contribution in [0.2, 0.25) is 0 Å². The molecular weight excluding hydrogens is 310 g/mol. The maximum Gasteiger partial charge on any atom is 0.324 e. The molecular formula is C13H13N3O5S. The van der Waals surface area contributed by atoms with Crippen molar-refractivity contribution in [1.82, 2.24) is 5.01 Å². The molecule has 8 nitrogen and oxygen atoms in total. The number of carbonyl (C=O) groups is 1. The third-order valence-electron chi connectivity index (χ3n) is 2.81. The van der Waals surface area contributed by atoms with Gasteiger partial charge in [-0.15, -0.1) is 5.11 Å². The van der Waals surface area contributed by atoms with E-state index in [0.717, 1.165) is 5.01 Å². The van der Waals surface area contributed by atoms with E-state index in [-0.39, 0.29) is 11.4 Å². The minimum absolute atomic E-state index is 0.221. The van der Waals surface area contributed by atoms with E-state index in [0.29, 0.717) is 16.5 Å². The zero-order valence-electron chi connectivity index (χ0n) is 11.5. The van der Waals surface area contributed by atoms with Gasteiger partial charge in [-0.1, -0.05) is 29.5 Å². The second-order valence-corrected chi connectivity index (χ2v) is 5.89. The predicted molar refractivity (Wildman–Crippen MR) is 78.5 cm³/mol. The summed E-state index contributed by atoms with van der Waals surface area (Å²) >= 11 is 0. The molecule has 0 aromatic heterocycles. The van der Waals surface area contributed by atoms with E-state index < -0.39 is 16.1 Å². The Balaban J connectivity index is 2.49. The minimum atomic E-state index is -4.35. The van der Waals surface area contributed by atoms with Crippen LogP contribution in [-0.2, 0) is 14.9 Å². The maximum atomic E-state index is 11.4. The highest BCUT2D eigenvalue weighted by Gasteiger charge is 2.15. The van der Waals surface area contributed by atoms with Gasteiger partial charge in [-0.05, 0) is 12.1 Å². The molecule has 0 aliphatic heterocycles. The van der Waals surface area contributed by atoms with Crippen molar-refractivity contribution in [2.45, 2.75) is 4.90 Å². The van der Waals surface area contributed by atoms with Crippen LogP contribution in [0.15, 0.2) is 51.6 Å². The minimum Gasteiger partial charge on any atom is -0.480 e. The Hall–Kier alpha value is -2.52. The first-order valence-corrected chi connectivity index (χ1v) is 7.57. The van der Waals surface area contributed by atoms with Gasteiger partial charge in [0.05, 0.1) is 5.69 Å². The molecule has 116 valence electrons. The highest BCUT2D eigenvalue weighted by Crippen LogP contribution is 2.31. The topological polar surface area (TPSA) is 120 Å². The van der Waals surface area contributed by atoms with Crippen molar-refractivity contribution in [3.63, 3.8) is 0 Å². The Labute approximate surface area is 126 Å². The number of hydrogen-bond donors (Lipinski definition) is 2. The molecule has 2 aromatic carbocycles. The van der Waals surface area contributed by atoms with Crippen molar-refractivity contribution >= 4 is 32.5 Å². The van der Waals surface area contributed by atoms with Gasteiger partial charge in [0.2, 0.25) is 0 Å².